The van der Waals surface area contributed by atoms with Gasteiger partial charge in [-0.1, -0.05) is 6.07 Å². The van der Waals surface area contributed by atoms with E-state index in [2.05, 4.69) is 10.2 Å². The first kappa shape index (κ1) is 13.1. The lowest BCUT2D eigenvalue weighted by atomic mass is 10.1. The lowest BCUT2D eigenvalue weighted by Crippen LogP contribution is -2.43. The molecule has 0 aliphatic carbocycles. The Balaban J connectivity index is 1.77. The molecule has 1 aliphatic heterocycles. The van der Waals surface area contributed by atoms with Crippen molar-refractivity contribution in [3.8, 4) is 0 Å². The van der Waals surface area contributed by atoms with Crippen molar-refractivity contribution in [3.63, 3.8) is 0 Å². The largest absolute Gasteiger partial charge is 0.377 e. The van der Waals surface area contributed by atoms with E-state index >= 15 is 0 Å². The summed E-state index contributed by atoms with van der Waals surface area (Å²) in [4.78, 5) is 14.4. The van der Waals surface area contributed by atoms with E-state index in [0.717, 1.165) is 30.3 Å². The molecule has 1 N–H and O–H groups in total. The number of benzene rings is 1. The minimum absolute atomic E-state index is 0.0749. The second-order valence-electron chi connectivity index (χ2n) is 5.14. The summed E-state index contributed by atoms with van der Waals surface area (Å²) in [6.45, 7) is 4.19. The lowest BCUT2D eigenvalue weighted by Gasteiger charge is -2.32. The highest BCUT2D eigenvalue weighted by Crippen LogP contribution is 2.18. The van der Waals surface area contributed by atoms with Crippen LogP contribution in [-0.4, -0.2) is 46.8 Å². The van der Waals surface area contributed by atoms with Crippen LogP contribution in [0.5, 0.6) is 0 Å². The minimum Gasteiger partial charge on any atom is -0.377 e. The van der Waals surface area contributed by atoms with Crippen LogP contribution in [0.1, 0.15) is 30.1 Å². The summed E-state index contributed by atoms with van der Waals surface area (Å²) < 4.78 is 5.65. The molecule has 1 fully saturated rings. The highest BCUT2D eigenvalue weighted by atomic mass is 16.5. The Morgan fingerprint density at radius 2 is 2.45 bits per heavy atom. The molecule has 2 heterocycles. The van der Waals surface area contributed by atoms with Gasteiger partial charge in [0.1, 0.15) is 0 Å². The highest BCUT2D eigenvalue weighted by molar-refractivity contribution is 5.97. The van der Waals surface area contributed by atoms with Crippen LogP contribution in [0.2, 0.25) is 0 Å². The van der Waals surface area contributed by atoms with Gasteiger partial charge in [0.05, 0.1) is 17.8 Å². The van der Waals surface area contributed by atoms with Gasteiger partial charge in [-0.25, -0.2) is 0 Å². The molecule has 3 rings (SSSR count). The van der Waals surface area contributed by atoms with Gasteiger partial charge >= 0.3 is 0 Å². The lowest BCUT2D eigenvalue weighted by molar-refractivity contribution is 0.00725. The molecule has 1 unspecified atom stereocenters. The normalized spacial score (nSPS) is 19.4. The number of ether oxygens (including phenoxy) is 1. The number of nitrogens with zero attached hydrogens (tertiary/aromatic N) is 2. The Labute approximate surface area is 117 Å². The average molecular weight is 273 g/mol. The highest BCUT2D eigenvalue weighted by Gasteiger charge is 2.24. The number of hydrogen-bond acceptors (Lipinski definition) is 3. The molecule has 1 aliphatic rings. The average Bonchev–Trinajstić information content (AvgIpc) is 2.94. The van der Waals surface area contributed by atoms with E-state index < -0.39 is 0 Å². The zero-order chi connectivity index (χ0) is 13.9. The fourth-order valence-electron chi connectivity index (χ4n) is 2.75. The summed E-state index contributed by atoms with van der Waals surface area (Å²) in [5.41, 5.74) is 1.60. The van der Waals surface area contributed by atoms with Crippen LogP contribution in [0.3, 0.4) is 0 Å². The molecule has 0 radical (unpaired) electrons. The van der Waals surface area contributed by atoms with Gasteiger partial charge in [0.25, 0.3) is 5.91 Å². The van der Waals surface area contributed by atoms with Crippen molar-refractivity contribution < 1.29 is 9.53 Å². The van der Waals surface area contributed by atoms with Crippen molar-refractivity contribution >= 4 is 16.8 Å². The standard InChI is InChI=1S/C15H19N3O2/c1-2-20-13-4-3-7-18(10-13)15(19)11-5-6-12-9-16-17-14(12)8-11/h5-6,8-9,13H,2-4,7,10H2,1H3,(H,16,17). The van der Waals surface area contributed by atoms with Crippen molar-refractivity contribution in [1.82, 2.24) is 15.1 Å². The van der Waals surface area contributed by atoms with E-state index in [9.17, 15) is 4.79 Å². The molecule has 2 aromatic rings. The monoisotopic (exact) mass is 273 g/mol. The van der Waals surface area contributed by atoms with E-state index in [1.807, 2.05) is 30.0 Å². The first-order valence-corrected chi connectivity index (χ1v) is 7.12. The molecule has 5 heteroatoms. The van der Waals surface area contributed by atoms with Crippen molar-refractivity contribution in [2.75, 3.05) is 19.7 Å². The van der Waals surface area contributed by atoms with Gasteiger partial charge < -0.3 is 9.64 Å². The van der Waals surface area contributed by atoms with Gasteiger partial charge in [0.15, 0.2) is 0 Å². The second-order valence-corrected chi connectivity index (χ2v) is 5.14. The summed E-state index contributed by atoms with van der Waals surface area (Å²) in [6, 6.07) is 5.66. The second kappa shape index (κ2) is 5.63. The Morgan fingerprint density at radius 1 is 1.55 bits per heavy atom. The van der Waals surface area contributed by atoms with E-state index in [-0.39, 0.29) is 12.0 Å². The summed E-state index contributed by atoms with van der Waals surface area (Å²) in [7, 11) is 0. The van der Waals surface area contributed by atoms with Crippen LogP contribution in [0.4, 0.5) is 0 Å². The first-order chi connectivity index (χ1) is 9.78. The SMILES string of the molecule is CCOC1CCCN(C(=O)c2ccc3cn[nH]c3c2)C1. The Hall–Kier alpha value is -1.88. The van der Waals surface area contributed by atoms with Gasteiger partial charge in [-0.05, 0) is 31.9 Å². The number of piperidine rings is 1. The molecule has 1 atom stereocenters. The topological polar surface area (TPSA) is 58.2 Å². The van der Waals surface area contributed by atoms with E-state index in [4.69, 9.17) is 4.74 Å². The van der Waals surface area contributed by atoms with Gasteiger partial charge in [-0.2, -0.15) is 5.10 Å². The smallest absolute Gasteiger partial charge is 0.254 e. The zero-order valence-corrected chi connectivity index (χ0v) is 11.6. The molecule has 20 heavy (non-hydrogen) atoms. The van der Waals surface area contributed by atoms with Crippen LogP contribution >= 0.6 is 0 Å². The number of aromatic nitrogens is 2. The molecule has 106 valence electrons. The molecule has 1 aromatic carbocycles. The first-order valence-electron chi connectivity index (χ1n) is 7.12. The summed E-state index contributed by atoms with van der Waals surface area (Å²) in [6.07, 6.45) is 3.98. The van der Waals surface area contributed by atoms with Crippen LogP contribution in [-0.2, 0) is 4.74 Å². The number of carbonyl (C=O) groups excluding carboxylic acids is 1. The maximum Gasteiger partial charge on any atom is 0.254 e. The van der Waals surface area contributed by atoms with Gasteiger partial charge in [0.2, 0.25) is 0 Å². The van der Waals surface area contributed by atoms with Crippen molar-refractivity contribution in [2.45, 2.75) is 25.9 Å². The molecule has 0 bridgehead atoms. The molecule has 5 nitrogen and oxygen atoms in total. The fraction of sp³-hybridized carbons (Fsp3) is 0.467. The summed E-state index contributed by atoms with van der Waals surface area (Å²) in [5.74, 6) is 0.0749. The quantitative estimate of drug-likeness (QED) is 0.932. The number of rotatable bonds is 3. The number of amides is 1. The van der Waals surface area contributed by atoms with Crippen molar-refractivity contribution in [1.29, 1.82) is 0 Å². The number of H-pyrrole nitrogens is 1. The van der Waals surface area contributed by atoms with Gasteiger partial charge in [-0.15, -0.1) is 0 Å². The molecular formula is C15H19N3O2. The van der Waals surface area contributed by atoms with Crippen LogP contribution in [0.15, 0.2) is 24.4 Å². The summed E-state index contributed by atoms with van der Waals surface area (Å²) in [5, 5.41) is 7.90. The zero-order valence-electron chi connectivity index (χ0n) is 11.6. The van der Waals surface area contributed by atoms with E-state index in [0.29, 0.717) is 18.7 Å². The van der Waals surface area contributed by atoms with Crippen molar-refractivity contribution in [2.24, 2.45) is 0 Å². The Bertz CT molecular complexity index is 606. The number of nitrogens with one attached hydrogen (secondary N) is 1. The molecular weight excluding hydrogens is 254 g/mol. The Morgan fingerprint density at radius 3 is 3.30 bits per heavy atom. The molecule has 1 aromatic heterocycles. The molecule has 0 saturated carbocycles. The van der Waals surface area contributed by atoms with Crippen LogP contribution in [0.25, 0.3) is 10.9 Å². The predicted molar refractivity (Wildman–Crippen MR) is 76.6 cm³/mol. The maximum atomic E-state index is 12.6. The van der Waals surface area contributed by atoms with Gasteiger partial charge in [0, 0.05) is 30.6 Å². The predicted octanol–water partition coefficient (Wildman–Crippen LogP) is 2.20. The third kappa shape index (κ3) is 2.54. The third-order valence-corrected chi connectivity index (χ3v) is 3.76. The fourth-order valence-corrected chi connectivity index (χ4v) is 2.75. The Kier molecular flexibility index (Phi) is 3.69. The van der Waals surface area contributed by atoms with Gasteiger partial charge in [-0.3, -0.25) is 9.89 Å². The summed E-state index contributed by atoms with van der Waals surface area (Å²) >= 11 is 0. The molecule has 1 saturated heterocycles. The van der Waals surface area contributed by atoms with Crippen molar-refractivity contribution in [3.05, 3.63) is 30.0 Å². The van der Waals surface area contributed by atoms with Crippen LogP contribution < -0.4 is 0 Å². The number of aromatic amines is 1. The number of hydrogen-bond donors (Lipinski definition) is 1. The van der Waals surface area contributed by atoms with Crippen LogP contribution in [0, 0.1) is 0 Å². The maximum absolute atomic E-state index is 12.6. The molecule has 0 spiro atoms. The number of carbonyl (C=O) groups is 1. The number of likely N-dealkylation sites (tertiary alicyclic amines) is 1. The van der Waals surface area contributed by atoms with E-state index in [1.54, 1.807) is 6.20 Å². The third-order valence-electron chi connectivity index (χ3n) is 3.76. The minimum atomic E-state index is 0.0749. The van der Waals surface area contributed by atoms with E-state index in [1.165, 1.54) is 0 Å². The number of fused-ring (bicyclic) bond motifs is 1. The molecule has 1 amide bonds.